The second-order valence-electron chi connectivity index (χ2n) is 8.51. The molecule has 28 heavy (non-hydrogen) atoms. The molecule has 0 heterocycles. The van der Waals surface area contributed by atoms with Gasteiger partial charge < -0.3 is 0 Å². The van der Waals surface area contributed by atoms with Gasteiger partial charge in [-0.1, -0.05) is 89.9 Å². The maximum absolute atomic E-state index is 2.60. The fourth-order valence-electron chi connectivity index (χ4n) is 4.75. The van der Waals surface area contributed by atoms with Crippen LogP contribution in [0.5, 0.6) is 0 Å². The molecule has 1 aromatic carbocycles. The average molecular weight is 395 g/mol. The Bertz CT molecular complexity index is 741. The second-order valence-corrected chi connectivity index (χ2v) is 11.0. The van der Waals surface area contributed by atoms with Crippen molar-refractivity contribution in [2.24, 2.45) is 0 Å². The molecule has 2 aliphatic carbocycles. The van der Waals surface area contributed by atoms with Crippen LogP contribution in [-0.4, -0.2) is 12.3 Å². The molecule has 0 radical (unpaired) electrons. The molecule has 152 valence electrons. The summed E-state index contributed by atoms with van der Waals surface area (Å²) in [4.78, 5) is 0. The molecule has 3 rings (SSSR count). The van der Waals surface area contributed by atoms with Crippen molar-refractivity contribution < 1.29 is 0 Å². The molecule has 0 amide bonds. The first-order chi connectivity index (χ1) is 13.7. The standard InChI is InChI=1S/C27H39P/c1-5-8-13-22-16-17-24(21(22)4)27-25-15-12-11-14-23(25)20-26(27)28(18-9-6-2)19-10-7-3/h11-12,14-16,20,27H,5-10,13,17-19H2,1-4H3. The van der Waals surface area contributed by atoms with Crippen LogP contribution in [0.4, 0.5) is 0 Å². The Morgan fingerprint density at radius 1 is 0.929 bits per heavy atom. The van der Waals surface area contributed by atoms with Crippen molar-refractivity contribution in [1.29, 1.82) is 0 Å². The minimum atomic E-state index is -0.0158. The van der Waals surface area contributed by atoms with E-state index in [1.165, 1.54) is 69.3 Å². The molecule has 1 aromatic rings. The molecule has 0 fully saturated rings. The number of hydrogen-bond donors (Lipinski definition) is 0. The highest BCUT2D eigenvalue weighted by Gasteiger charge is 2.34. The van der Waals surface area contributed by atoms with Gasteiger partial charge in [0.1, 0.15) is 0 Å². The Hall–Kier alpha value is -1.13. The number of benzene rings is 1. The highest BCUT2D eigenvalue weighted by atomic mass is 31.1. The first kappa shape index (κ1) is 21.6. The van der Waals surface area contributed by atoms with E-state index in [-0.39, 0.29) is 7.92 Å². The molecule has 0 nitrogen and oxygen atoms in total. The van der Waals surface area contributed by atoms with Gasteiger partial charge in [-0.15, -0.1) is 0 Å². The van der Waals surface area contributed by atoms with E-state index in [4.69, 9.17) is 0 Å². The first-order valence-corrected chi connectivity index (χ1v) is 13.4. The van der Waals surface area contributed by atoms with Crippen molar-refractivity contribution >= 4 is 14.0 Å². The quantitative estimate of drug-likeness (QED) is 0.328. The van der Waals surface area contributed by atoms with Crippen LogP contribution in [0.1, 0.15) is 96.1 Å². The third kappa shape index (κ3) is 4.71. The number of fused-ring (bicyclic) bond motifs is 1. The van der Waals surface area contributed by atoms with Crippen LogP contribution in [0.2, 0.25) is 0 Å². The van der Waals surface area contributed by atoms with Crippen LogP contribution in [0, 0.1) is 0 Å². The smallest absolute Gasteiger partial charge is 0.0318 e. The molecule has 1 heteroatoms. The van der Waals surface area contributed by atoms with Gasteiger partial charge in [0.25, 0.3) is 0 Å². The van der Waals surface area contributed by atoms with Gasteiger partial charge in [0.05, 0.1) is 0 Å². The Balaban J connectivity index is 1.94. The van der Waals surface area contributed by atoms with Crippen molar-refractivity contribution in [3.05, 3.63) is 63.5 Å². The van der Waals surface area contributed by atoms with Crippen molar-refractivity contribution in [2.45, 2.75) is 85.0 Å². The highest BCUT2D eigenvalue weighted by Crippen LogP contribution is 2.60. The molecule has 0 N–H and O–H groups in total. The number of hydrogen-bond acceptors (Lipinski definition) is 0. The van der Waals surface area contributed by atoms with Gasteiger partial charge in [-0.25, -0.2) is 0 Å². The minimum Gasteiger partial charge on any atom is -0.0787 e. The molecule has 0 bridgehead atoms. The fourth-order valence-corrected chi connectivity index (χ4v) is 7.87. The molecule has 0 saturated heterocycles. The van der Waals surface area contributed by atoms with Gasteiger partial charge >= 0.3 is 0 Å². The monoisotopic (exact) mass is 394 g/mol. The van der Waals surface area contributed by atoms with Crippen molar-refractivity contribution in [2.75, 3.05) is 12.3 Å². The Labute approximate surface area is 175 Å². The van der Waals surface area contributed by atoms with E-state index in [0.717, 1.165) is 0 Å². The van der Waals surface area contributed by atoms with E-state index < -0.39 is 0 Å². The van der Waals surface area contributed by atoms with Gasteiger partial charge in [0.2, 0.25) is 0 Å². The van der Waals surface area contributed by atoms with Gasteiger partial charge in [-0.2, -0.15) is 0 Å². The number of unbranched alkanes of at least 4 members (excludes halogenated alkanes) is 3. The summed E-state index contributed by atoms with van der Waals surface area (Å²) < 4.78 is 0. The highest BCUT2D eigenvalue weighted by molar-refractivity contribution is 7.62. The van der Waals surface area contributed by atoms with E-state index in [1.54, 1.807) is 27.6 Å². The lowest BCUT2D eigenvalue weighted by atomic mass is 9.89. The third-order valence-electron chi connectivity index (χ3n) is 6.51. The van der Waals surface area contributed by atoms with Gasteiger partial charge in [-0.3, -0.25) is 0 Å². The zero-order valence-electron chi connectivity index (χ0n) is 18.6. The van der Waals surface area contributed by atoms with E-state index in [0.29, 0.717) is 5.92 Å². The molecule has 1 atom stereocenters. The Morgan fingerprint density at radius 2 is 1.61 bits per heavy atom. The largest absolute Gasteiger partial charge is 0.0787 e. The summed E-state index contributed by atoms with van der Waals surface area (Å²) >= 11 is 0. The maximum Gasteiger partial charge on any atom is 0.0318 e. The van der Waals surface area contributed by atoms with E-state index in [2.05, 4.69) is 64.1 Å². The molecule has 0 spiro atoms. The van der Waals surface area contributed by atoms with Crippen LogP contribution in [-0.2, 0) is 0 Å². The topological polar surface area (TPSA) is 0 Å². The lowest BCUT2D eigenvalue weighted by Crippen LogP contribution is -2.06. The van der Waals surface area contributed by atoms with E-state index >= 15 is 0 Å². The lowest BCUT2D eigenvalue weighted by Gasteiger charge is -2.27. The zero-order chi connectivity index (χ0) is 19.9. The van der Waals surface area contributed by atoms with Crippen molar-refractivity contribution in [1.82, 2.24) is 0 Å². The normalized spacial score (nSPS) is 18.7. The summed E-state index contributed by atoms with van der Waals surface area (Å²) in [6, 6.07) is 9.22. The second kappa shape index (κ2) is 10.6. The Kier molecular flexibility index (Phi) is 8.16. The Morgan fingerprint density at radius 3 is 2.29 bits per heavy atom. The van der Waals surface area contributed by atoms with Crippen LogP contribution >= 0.6 is 7.92 Å². The van der Waals surface area contributed by atoms with E-state index in [9.17, 15) is 0 Å². The maximum atomic E-state index is 2.60. The summed E-state index contributed by atoms with van der Waals surface area (Å²) in [6.07, 6.45) is 18.4. The molecular weight excluding hydrogens is 355 g/mol. The SMILES string of the molecule is CCCCC1=CCC(C2C(P(CCCC)CCCC)=Cc3ccccc32)=C1C. The number of allylic oxidation sites excluding steroid dienone is 5. The zero-order valence-corrected chi connectivity index (χ0v) is 19.5. The van der Waals surface area contributed by atoms with Gasteiger partial charge in [0.15, 0.2) is 0 Å². The van der Waals surface area contributed by atoms with Crippen LogP contribution in [0.15, 0.2) is 52.4 Å². The molecule has 0 aliphatic heterocycles. The lowest BCUT2D eigenvalue weighted by molar-refractivity contribution is 0.791. The average Bonchev–Trinajstić information content (AvgIpc) is 3.26. The van der Waals surface area contributed by atoms with Gasteiger partial charge in [0, 0.05) is 5.92 Å². The summed E-state index contributed by atoms with van der Waals surface area (Å²) in [6.45, 7) is 9.40. The van der Waals surface area contributed by atoms with Crippen LogP contribution < -0.4 is 0 Å². The summed E-state index contributed by atoms with van der Waals surface area (Å²) in [5.41, 5.74) is 8.03. The van der Waals surface area contributed by atoms with Gasteiger partial charge in [-0.05, 0) is 78.9 Å². The first-order valence-electron chi connectivity index (χ1n) is 11.7. The van der Waals surface area contributed by atoms with E-state index in [1.807, 2.05) is 0 Å². The predicted molar refractivity (Wildman–Crippen MR) is 129 cm³/mol. The predicted octanol–water partition coefficient (Wildman–Crippen LogP) is 9.04. The van der Waals surface area contributed by atoms with Crippen LogP contribution in [0.25, 0.3) is 6.08 Å². The molecule has 0 saturated carbocycles. The molecular formula is C27H39P. The molecule has 2 aliphatic rings. The van der Waals surface area contributed by atoms with Crippen molar-refractivity contribution in [3.8, 4) is 0 Å². The molecule has 0 aromatic heterocycles. The third-order valence-corrected chi connectivity index (χ3v) is 9.34. The summed E-state index contributed by atoms with van der Waals surface area (Å²) in [7, 11) is -0.0158. The fraction of sp³-hybridized carbons (Fsp3) is 0.556. The van der Waals surface area contributed by atoms with Crippen molar-refractivity contribution in [3.63, 3.8) is 0 Å². The molecule has 1 unspecified atom stereocenters. The van der Waals surface area contributed by atoms with Crippen LogP contribution in [0.3, 0.4) is 0 Å². The summed E-state index contributed by atoms with van der Waals surface area (Å²) in [5, 5.41) is 1.79. The summed E-state index contributed by atoms with van der Waals surface area (Å²) in [5.74, 6) is 0.561. The number of rotatable bonds is 11. The minimum absolute atomic E-state index is 0.0158.